The number of nitrogen functional groups attached to an aromatic ring is 1. The summed E-state index contributed by atoms with van der Waals surface area (Å²) in [5.74, 6) is 0.479. The van der Waals surface area contributed by atoms with Crippen LogP contribution >= 0.6 is 0 Å². The van der Waals surface area contributed by atoms with Gasteiger partial charge in [0.05, 0.1) is 11.5 Å². The number of anilines is 1. The zero-order valence-corrected chi connectivity index (χ0v) is 7.20. The first-order valence-corrected chi connectivity index (χ1v) is 3.69. The molecule has 0 aromatic carbocycles. The second-order valence-corrected chi connectivity index (χ2v) is 3.21. The predicted molar refractivity (Wildman–Crippen MR) is 47.3 cm³/mol. The van der Waals surface area contributed by atoms with Gasteiger partial charge < -0.3 is 5.73 Å². The summed E-state index contributed by atoms with van der Waals surface area (Å²) in [5, 5.41) is 8.81. The molecule has 1 rings (SSSR count). The van der Waals surface area contributed by atoms with Crippen LogP contribution in [0.25, 0.3) is 0 Å². The van der Waals surface area contributed by atoms with Crippen LogP contribution in [0.2, 0.25) is 0 Å². The average Bonchev–Trinajstić information content (AvgIpc) is 2.05. The minimum absolute atomic E-state index is 0.479. The maximum atomic E-state index is 8.81. The molecule has 0 fully saturated rings. The van der Waals surface area contributed by atoms with Crippen molar-refractivity contribution < 1.29 is 0 Å². The third-order valence-electron chi connectivity index (χ3n) is 1.79. The molecule has 0 unspecified atom stereocenters. The Labute approximate surface area is 71.8 Å². The number of pyridine rings is 1. The van der Waals surface area contributed by atoms with Crippen LogP contribution in [0.4, 0.5) is 5.82 Å². The average molecular weight is 161 g/mol. The first kappa shape index (κ1) is 8.54. The lowest BCUT2D eigenvalue weighted by molar-refractivity contribution is 0.683. The zero-order chi connectivity index (χ0) is 9.19. The Morgan fingerprint density at radius 1 is 1.50 bits per heavy atom. The molecule has 0 aliphatic carbocycles. The van der Waals surface area contributed by atoms with Crippen molar-refractivity contribution in [3.05, 3.63) is 23.9 Å². The third kappa shape index (κ3) is 1.54. The van der Waals surface area contributed by atoms with Gasteiger partial charge in [-0.15, -0.1) is 0 Å². The molecule has 0 bridgehead atoms. The Hall–Kier alpha value is -1.56. The van der Waals surface area contributed by atoms with E-state index < -0.39 is 5.41 Å². The van der Waals surface area contributed by atoms with E-state index in [0.717, 1.165) is 5.56 Å². The van der Waals surface area contributed by atoms with Crippen LogP contribution in [0.1, 0.15) is 19.4 Å². The largest absolute Gasteiger partial charge is 0.384 e. The fraction of sp³-hybridized carbons (Fsp3) is 0.333. The van der Waals surface area contributed by atoms with Crippen LogP contribution < -0.4 is 5.73 Å². The van der Waals surface area contributed by atoms with Gasteiger partial charge in [-0.3, -0.25) is 0 Å². The van der Waals surface area contributed by atoms with Crippen molar-refractivity contribution in [3.63, 3.8) is 0 Å². The molecule has 1 aromatic rings. The lowest BCUT2D eigenvalue weighted by Gasteiger charge is -2.14. The van der Waals surface area contributed by atoms with Gasteiger partial charge in [0.15, 0.2) is 0 Å². The van der Waals surface area contributed by atoms with Gasteiger partial charge in [-0.1, -0.05) is 6.07 Å². The molecule has 1 heterocycles. The summed E-state index contributed by atoms with van der Waals surface area (Å²) >= 11 is 0. The van der Waals surface area contributed by atoms with E-state index in [1.165, 1.54) is 0 Å². The van der Waals surface area contributed by atoms with Gasteiger partial charge in [0.25, 0.3) is 0 Å². The second-order valence-electron chi connectivity index (χ2n) is 3.21. The Bertz CT molecular complexity index is 306. The van der Waals surface area contributed by atoms with Crippen molar-refractivity contribution in [2.45, 2.75) is 19.3 Å². The van der Waals surface area contributed by atoms with Crippen LogP contribution in [0, 0.1) is 11.3 Å². The third-order valence-corrected chi connectivity index (χ3v) is 1.79. The lowest BCUT2D eigenvalue weighted by atomic mass is 9.88. The van der Waals surface area contributed by atoms with E-state index in [-0.39, 0.29) is 0 Å². The molecule has 0 atom stereocenters. The molecule has 3 heteroatoms. The number of nitrogens with two attached hydrogens (primary N) is 1. The highest BCUT2D eigenvalue weighted by Gasteiger charge is 2.19. The molecule has 0 saturated carbocycles. The molecule has 0 spiro atoms. The predicted octanol–water partition coefficient (Wildman–Crippen LogP) is 1.46. The molecule has 0 aliphatic heterocycles. The number of rotatable bonds is 1. The topological polar surface area (TPSA) is 62.7 Å². The Morgan fingerprint density at radius 2 is 2.17 bits per heavy atom. The summed E-state index contributed by atoms with van der Waals surface area (Å²) in [6, 6.07) is 5.72. The normalized spacial score (nSPS) is 10.8. The highest BCUT2D eigenvalue weighted by atomic mass is 14.8. The van der Waals surface area contributed by atoms with E-state index in [4.69, 9.17) is 11.0 Å². The van der Waals surface area contributed by atoms with Gasteiger partial charge in [0, 0.05) is 6.20 Å². The molecule has 0 saturated heterocycles. The number of hydrogen-bond acceptors (Lipinski definition) is 3. The highest BCUT2D eigenvalue weighted by Crippen LogP contribution is 2.21. The Balaban J connectivity index is 3.07. The van der Waals surface area contributed by atoms with Gasteiger partial charge >= 0.3 is 0 Å². The van der Waals surface area contributed by atoms with E-state index >= 15 is 0 Å². The smallest absolute Gasteiger partial charge is 0.123 e. The maximum Gasteiger partial charge on any atom is 0.123 e. The molecule has 3 nitrogen and oxygen atoms in total. The van der Waals surface area contributed by atoms with Gasteiger partial charge in [0.1, 0.15) is 5.82 Å². The van der Waals surface area contributed by atoms with E-state index in [1.54, 1.807) is 12.3 Å². The first-order valence-electron chi connectivity index (χ1n) is 3.69. The van der Waals surface area contributed by atoms with E-state index in [0.29, 0.717) is 5.82 Å². The zero-order valence-electron chi connectivity index (χ0n) is 7.20. The monoisotopic (exact) mass is 161 g/mol. The van der Waals surface area contributed by atoms with Crippen molar-refractivity contribution in [2.75, 3.05) is 5.73 Å². The minimum atomic E-state index is -0.485. The fourth-order valence-electron chi connectivity index (χ4n) is 0.840. The van der Waals surface area contributed by atoms with Gasteiger partial charge in [0.2, 0.25) is 0 Å². The standard InChI is InChI=1S/C9H11N3/c1-9(2,6-10)7-3-4-8(11)12-5-7/h3-5H,1-2H3,(H2,11,12). The van der Waals surface area contributed by atoms with Crippen molar-refractivity contribution in [2.24, 2.45) is 0 Å². The van der Waals surface area contributed by atoms with Crippen molar-refractivity contribution in [1.29, 1.82) is 5.26 Å². The second kappa shape index (κ2) is 2.82. The van der Waals surface area contributed by atoms with Crippen LogP contribution in [-0.4, -0.2) is 4.98 Å². The number of aromatic nitrogens is 1. The number of hydrogen-bond donors (Lipinski definition) is 1. The molecular weight excluding hydrogens is 150 g/mol. The van der Waals surface area contributed by atoms with Crippen LogP contribution in [-0.2, 0) is 5.41 Å². The van der Waals surface area contributed by atoms with Crippen molar-refractivity contribution in [1.82, 2.24) is 4.98 Å². The Kier molecular flexibility index (Phi) is 2.01. The molecule has 0 aliphatic rings. The molecule has 0 amide bonds. The Morgan fingerprint density at radius 3 is 2.58 bits per heavy atom. The summed E-state index contributed by atoms with van der Waals surface area (Å²) in [4.78, 5) is 3.92. The van der Waals surface area contributed by atoms with E-state index in [2.05, 4.69) is 11.1 Å². The summed E-state index contributed by atoms with van der Waals surface area (Å²) < 4.78 is 0. The van der Waals surface area contributed by atoms with Gasteiger partial charge in [-0.2, -0.15) is 5.26 Å². The summed E-state index contributed by atoms with van der Waals surface area (Å²) in [6.45, 7) is 3.69. The van der Waals surface area contributed by atoms with Gasteiger partial charge in [-0.25, -0.2) is 4.98 Å². The summed E-state index contributed by atoms with van der Waals surface area (Å²) in [5.41, 5.74) is 5.82. The van der Waals surface area contributed by atoms with Crippen LogP contribution in [0.15, 0.2) is 18.3 Å². The van der Waals surface area contributed by atoms with Crippen LogP contribution in [0.3, 0.4) is 0 Å². The number of nitrogens with zero attached hydrogens (tertiary/aromatic N) is 2. The van der Waals surface area contributed by atoms with E-state index in [9.17, 15) is 0 Å². The van der Waals surface area contributed by atoms with Crippen molar-refractivity contribution in [3.8, 4) is 6.07 Å². The molecule has 2 N–H and O–H groups in total. The lowest BCUT2D eigenvalue weighted by Crippen LogP contribution is -2.14. The van der Waals surface area contributed by atoms with E-state index in [1.807, 2.05) is 19.9 Å². The summed E-state index contributed by atoms with van der Waals surface area (Å²) in [6.07, 6.45) is 1.64. The van der Waals surface area contributed by atoms with Gasteiger partial charge in [-0.05, 0) is 25.5 Å². The molecule has 1 aromatic heterocycles. The molecule has 12 heavy (non-hydrogen) atoms. The number of nitriles is 1. The quantitative estimate of drug-likeness (QED) is 0.678. The minimum Gasteiger partial charge on any atom is -0.384 e. The molecular formula is C9H11N3. The van der Waals surface area contributed by atoms with Crippen LogP contribution in [0.5, 0.6) is 0 Å². The maximum absolute atomic E-state index is 8.81. The first-order chi connectivity index (χ1) is 5.56. The summed E-state index contributed by atoms with van der Waals surface area (Å²) in [7, 11) is 0. The van der Waals surface area contributed by atoms with Crippen molar-refractivity contribution >= 4 is 5.82 Å². The highest BCUT2D eigenvalue weighted by molar-refractivity contribution is 5.35. The SMILES string of the molecule is CC(C)(C#N)c1ccc(N)nc1. The molecule has 62 valence electrons. The molecule has 0 radical (unpaired) electrons. The fourth-order valence-corrected chi connectivity index (χ4v) is 0.840.